The van der Waals surface area contributed by atoms with E-state index >= 15 is 0 Å². The Morgan fingerprint density at radius 3 is 2.57 bits per heavy atom. The standard InChI is InChI=1S/C15H10Cl2F3NO2/c1-7-12(3-2-4-13(7)23-15(19)20)21-14(22)8-5-11(18)10(17)6-9(8)16/h2-6,15H,1H3,(H,21,22). The quantitative estimate of drug-likeness (QED) is 0.749. The summed E-state index contributed by atoms with van der Waals surface area (Å²) in [5.74, 6) is -1.58. The summed E-state index contributed by atoms with van der Waals surface area (Å²) in [6.45, 7) is -1.49. The van der Waals surface area contributed by atoms with Crippen molar-refractivity contribution in [1.29, 1.82) is 0 Å². The summed E-state index contributed by atoms with van der Waals surface area (Å²) in [4.78, 5) is 12.2. The normalized spacial score (nSPS) is 10.7. The number of hydrogen-bond donors (Lipinski definition) is 1. The first-order chi connectivity index (χ1) is 10.8. The summed E-state index contributed by atoms with van der Waals surface area (Å²) < 4.78 is 42.4. The molecule has 0 atom stereocenters. The van der Waals surface area contributed by atoms with Gasteiger partial charge in [0.2, 0.25) is 0 Å². The van der Waals surface area contributed by atoms with Crippen molar-refractivity contribution in [2.75, 3.05) is 5.32 Å². The van der Waals surface area contributed by atoms with Gasteiger partial charge in [0, 0.05) is 11.3 Å². The van der Waals surface area contributed by atoms with Crippen molar-refractivity contribution in [2.45, 2.75) is 13.5 Å². The summed E-state index contributed by atoms with van der Waals surface area (Å²) in [6.07, 6.45) is 0. The molecule has 2 aromatic rings. The number of rotatable bonds is 4. The Hall–Kier alpha value is -1.92. The number of halogens is 5. The van der Waals surface area contributed by atoms with Crippen molar-refractivity contribution in [1.82, 2.24) is 0 Å². The van der Waals surface area contributed by atoms with Gasteiger partial charge in [-0.1, -0.05) is 29.3 Å². The fraction of sp³-hybridized carbons (Fsp3) is 0.133. The van der Waals surface area contributed by atoms with E-state index in [9.17, 15) is 18.0 Å². The molecule has 3 nitrogen and oxygen atoms in total. The molecule has 8 heteroatoms. The third kappa shape index (κ3) is 4.09. The van der Waals surface area contributed by atoms with Crippen LogP contribution in [0.25, 0.3) is 0 Å². The van der Waals surface area contributed by atoms with Crippen LogP contribution in [0.1, 0.15) is 15.9 Å². The first-order valence-electron chi connectivity index (χ1n) is 6.30. The number of anilines is 1. The Morgan fingerprint density at radius 2 is 1.91 bits per heavy atom. The van der Waals surface area contributed by atoms with E-state index in [0.29, 0.717) is 5.56 Å². The van der Waals surface area contributed by atoms with E-state index in [1.165, 1.54) is 25.1 Å². The summed E-state index contributed by atoms with van der Waals surface area (Å²) in [5, 5.41) is 2.22. The molecule has 2 rings (SSSR count). The number of carbonyl (C=O) groups is 1. The highest BCUT2D eigenvalue weighted by Crippen LogP contribution is 2.29. The fourth-order valence-electron chi connectivity index (χ4n) is 1.86. The lowest BCUT2D eigenvalue weighted by molar-refractivity contribution is -0.0502. The maximum atomic E-state index is 13.5. The highest BCUT2D eigenvalue weighted by molar-refractivity contribution is 6.37. The topological polar surface area (TPSA) is 38.3 Å². The SMILES string of the molecule is Cc1c(NC(=O)c2cc(F)c(Cl)cc2Cl)cccc1OC(F)F. The van der Waals surface area contributed by atoms with Crippen LogP contribution >= 0.6 is 23.2 Å². The first-order valence-corrected chi connectivity index (χ1v) is 7.05. The van der Waals surface area contributed by atoms with Gasteiger partial charge in [0.05, 0.1) is 15.6 Å². The number of benzene rings is 2. The minimum absolute atomic E-state index is 0.0356. The van der Waals surface area contributed by atoms with E-state index in [1.54, 1.807) is 0 Å². The summed E-state index contributed by atoms with van der Waals surface area (Å²) in [7, 11) is 0. The van der Waals surface area contributed by atoms with E-state index in [4.69, 9.17) is 23.2 Å². The molecular weight excluding hydrogens is 354 g/mol. The van der Waals surface area contributed by atoms with Gasteiger partial charge in [0.15, 0.2) is 0 Å². The Balaban J connectivity index is 2.29. The number of hydrogen-bond acceptors (Lipinski definition) is 2. The van der Waals surface area contributed by atoms with Crippen molar-refractivity contribution in [3.63, 3.8) is 0 Å². The second-order valence-corrected chi connectivity index (χ2v) is 5.32. The molecule has 2 aromatic carbocycles. The third-order valence-electron chi connectivity index (χ3n) is 3.00. The summed E-state index contributed by atoms with van der Waals surface area (Å²) in [6, 6.07) is 6.27. The lowest BCUT2D eigenvalue weighted by Gasteiger charge is -2.13. The van der Waals surface area contributed by atoms with Crippen LogP contribution in [0.4, 0.5) is 18.9 Å². The Kier molecular flexibility index (Phi) is 5.38. The first kappa shape index (κ1) is 17.4. The van der Waals surface area contributed by atoms with Crippen molar-refractivity contribution in [3.8, 4) is 5.75 Å². The molecule has 0 saturated carbocycles. The van der Waals surface area contributed by atoms with Gasteiger partial charge in [-0.15, -0.1) is 0 Å². The number of amides is 1. The van der Waals surface area contributed by atoms with Crippen LogP contribution in [-0.4, -0.2) is 12.5 Å². The van der Waals surface area contributed by atoms with Crippen LogP contribution in [0.5, 0.6) is 5.75 Å². The zero-order valence-corrected chi connectivity index (χ0v) is 13.2. The van der Waals surface area contributed by atoms with E-state index < -0.39 is 18.3 Å². The van der Waals surface area contributed by atoms with Crippen LogP contribution in [0, 0.1) is 12.7 Å². The van der Waals surface area contributed by atoms with Crippen molar-refractivity contribution < 1.29 is 22.7 Å². The van der Waals surface area contributed by atoms with Gasteiger partial charge >= 0.3 is 6.61 Å². The Morgan fingerprint density at radius 1 is 1.22 bits per heavy atom. The van der Waals surface area contributed by atoms with E-state index in [0.717, 1.165) is 12.1 Å². The van der Waals surface area contributed by atoms with E-state index in [1.807, 2.05) is 0 Å². The molecule has 0 saturated heterocycles. The molecule has 0 fully saturated rings. The van der Waals surface area contributed by atoms with Gasteiger partial charge < -0.3 is 10.1 Å². The maximum absolute atomic E-state index is 13.5. The van der Waals surface area contributed by atoms with Gasteiger partial charge in [-0.3, -0.25) is 4.79 Å². The van der Waals surface area contributed by atoms with Crippen molar-refractivity contribution in [2.24, 2.45) is 0 Å². The Bertz CT molecular complexity index is 754. The molecule has 0 bridgehead atoms. The average Bonchev–Trinajstić information content (AvgIpc) is 2.46. The van der Waals surface area contributed by atoms with Gasteiger partial charge in [0.1, 0.15) is 11.6 Å². The van der Waals surface area contributed by atoms with Crippen molar-refractivity contribution >= 4 is 34.8 Å². The molecule has 0 aromatic heterocycles. The summed E-state index contributed by atoms with van der Waals surface area (Å²) in [5.41, 5.74) is 0.402. The Labute approximate surface area is 140 Å². The molecule has 1 amide bonds. The number of nitrogens with one attached hydrogen (secondary N) is 1. The molecule has 122 valence electrons. The van der Waals surface area contributed by atoms with Gasteiger partial charge in [-0.05, 0) is 31.2 Å². The number of carbonyl (C=O) groups excluding carboxylic acids is 1. The monoisotopic (exact) mass is 363 g/mol. The number of alkyl halides is 2. The van der Waals surface area contributed by atoms with E-state index in [-0.39, 0.29) is 27.0 Å². The molecular formula is C15H10Cl2F3NO2. The molecule has 0 aliphatic rings. The molecule has 0 radical (unpaired) electrons. The summed E-state index contributed by atoms with van der Waals surface area (Å²) >= 11 is 11.4. The largest absolute Gasteiger partial charge is 0.434 e. The average molecular weight is 364 g/mol. The molecule has 0 spiro atoms. The highest BCUT2D eigenvalue weighted by Gasteiger charge is 2.17. The second kappa shape index (κ2) is 7.10. The number of ether oxygens (including phenoxy) is 1. The van der Waals surface area contributed by atoms with Gasteiger partial charge in [0.25, 0.3) is 5.91 Å². The van der Waals surface area contributed by atoms with Gasteiger partial charge in [-0.25, -0.2) is 4.39 Å². The minimum Gasteiger partial charge on any atom is -0.434 e. The molecule has 23 heavy (non-hydrogen) atoms. The smallest absolute Gasteiger partial charge is 0.387 e. The zero-order valence-electron chi connectivity index (χ0n) is 11.7. The molecule has 0 unspecified atom stereocenters. The van der Waals surface area contributed by atoms with Crippen molar-refractivity contribution in [3.05, 3.63) is 57.3 Å². The molecule has 0 heterocycles. The zero-order chi connectivity index (χ0) is 17.1. The van der Waals surface area contributed by atoms with Crippen LogP contribution in [0.2, 0.25) is 10.0 Å². The van der Waals surface area contributed by atoms with Crippen LogP contribution < -0.4 is 10.1 Å². The fourth-order valence-corrected chi connectivity index (χ4v) is 2.33. The van der Waals surface area contributed by atoms with Crippen LogP contribution in [-0.2, 0) is 0 Å². The predicted molar refractivity (Wildman–Crippen MR) is 82.2 cm³/mol. The minimum atomic E-state index is -2.99. The second-order valence-electron chi connectivity index (χ2n) is 4.51. The molecule has 0 aliphatic heterocycles. The molecule has 1 N–H and O–H groups in total. The lowest BCUT2D eigenvalue weighted by atomic mass is 10.1. The van der Waals surface area contributed by atoms with E-state index in [2.05, 4.69) is 10.1 Å². The predicted octanol–water partition coefficient (Wildman–Crippen LogP) is 5.29. The lowest BCUT2D eigenvalue weighted by Crippen LogP contribution is -2.14. The van der Waals surface area contributed by atoms with Gasteiger partial charge in [-0.2, -0.15) is 8.78 Å². The van der Waals surface area contributed by atoms with Crippen LogP contribution in [0.15, 0.2) is 30.3 Å². The van der Waals surface area contributed by atoms with Crippen LogP contribution in [0.3, 0.4) is 0 Å². The maximum Gasteiger partial charge on any atom is 0.387 e. The molecule has 0 aliphatic carbocycles. The third-order valence-corrected chi connectivity index (χ3v) is 3.61. The highest BCUT2D eigenvalue weighted by atomic mass is 35.5.